The highest BCUT2D eigenvalue weighted by molar-refractivity contribution is 9.10. The lowest BCUT2D eigenvalue weighted by molar-refractivity contribution is 0.212. The van der Waals surface area contributed by atoms with Gasteiger partial charge < -0.3 is 10.4 Å². The Morgan fingerprint density at radius 1 is 1.43 bits per heavy atom. The topological polar surface area (TPSA) is 65.5 Å². The highest BCUT2D eigenvalue weighted by atomic mass is 79.9. The summed E-state index contributed by atoms with van der Waals surface area (Å²) in [6.07, 6.45) is 1.88. The second-order valence-electron chi connectivity index (χ2n) is 5.95. The number of carbonyl (C=O) groups is 1. The van der Waals surface area contributed by atoms with E-state index in [0.29, 0.717) is 11.7 Å². The Labute approximate surface area is 147 Å². The molecule has 5 nitrogen and oxygen atoms in total. The van der Waals surface area contributed by atoms with Crippen LogP contribution in [0.2, 0.25) is 0 Å². The van der Waals surface area contributed by atoms with Crippen LogP contribution in [0, 0.1) is 12.3 Å². The fraction of sp³-hybridized carbons (Fsp3) is 0.375. The number of aliphatic hydroxyl groups is 1. The van der Waals surface area contributed by atoms with Gasteiger partial charge in [0.05, 0.1) is 12.3 Å². The van der Waals surface area contributed by atoms with Crippen LogP contribution in [-0.4, -0.2) is 29.3 Å². The summed E-state index contributed by atoms with van der Waals surface area (Å²) in [5.41, 5.74) is 1.45. The van der Waals surface area contributed by atoms with E-state index < -0.39 is 0 Å². The molecule has 3 rings (SSSR count). The molecule has 7 heteroatoms. The highest BCUT2D eigenvalue weighted by Gasteiger charge is 2.45. The summed E-state index contributed by atoms with van der Waals surface area (Å²) in [5, 5.41) is 15.1. The number of carbonyl (C=O) groups excluding carboxylic acids is 1. The fourth-order valence-electron chi connectivity index (χ4n) is 2.29. The van der Waals surface area contributed by atoms with Crippen molar-refractivity contribution in [3.8, 4) is 0 Å². The fourth-order valence-corrected chi connectivity index (χ4v) is 3.36. The molecule has 0 radical (unpaired) electrons. The van der Waals surface area contributed by atoms with Gasteiger partial charge in [-0.15, -0.1) is 11.3 Å². The second-order valence-corrected chi connectivity index (χ2v) is 7.70. The van der Waals surface area contributed by atoms with Crippen molar-refractivity contribution in [2.24, 2.45) is 5.41 Å². The van der Waals surface area contributed by atoms with Gasteiger partial charge in [-0.25, -0.2) is 9.78 Å². The Balaban J connectivity index is 1.79. The van der Waals surface area contributed by atoms with Crippen molar-refractivity contribution in [1.82, 2.24) is 4.98 Å². The van der Waals surface area contributed by atoms with Crippen LogP contribution >= 0.6 is 27.3 Å². The van der Waals surface area contributed by atoms with E-state index in [9.17, 15) is 9.90 Å². The minimum absolute atomic E-state index is 0.0966. The molecule has 0 bridgehead atoms. The van der Waals surface area contributed by atoms with Crippen LogP contribution in [0.1, 0.15) is 18.5 Å². The number of nitrogens with one attached hydrogen (secondary N) is 1. The normalized spacial score (nSPS) is 15.3. The molecule has 2 amide bonds. The number of aromatic nitrogens is 1. The number of rotatable bonds is 5. The zero-order valence-electron chi connectivity index (χ0n) is 12.8. The first-order chi connectivity index (χ1) is 11.0. The Morgan fingerprint density at radius 3 is 2.65 bits per heavy atom. The third-order valence-corrected chi connectivity index (χ3v) is 5.47. The summed E-state index contributed by atoms with van der Waals surface area (Å²) < 4.78 is 0.958. The monoisotopic (exact) mass is 395 g/mol. The Hall–Kier alpha value is -1.44. The Morgan fingerprint density at radius 2 is 2.13 bits per heavy atom. The molecule has 0 aliphatic heterocycles. The van der Waals surface area contributed by atoms with E-state index >= 15 is 0 Å². The summed E-state index contributed by atoms with van der Waals surface area (Å²) in [4.78, 5) is 18.8. The number of aliphatic hydroxyl groups excluding tert-OH is 1. The highest BCUT2D eigenvalue weighted by Crippen LogP contribution is 2.46. The number of amides is 2. The van der Waals surface area contributed by atoms with Crippen molar-refractivity contribution in [3.05, 3.63) is 39.8 Å². The zero-order chi connectivity index (χ0) is 16.4. The molecule has 0 spiro atoms. The second kappa shape index (κ2) is 6.59. The third-order valence-electron chi connectivity index (χ3n) is 3.96. The van der Waals surface area contributed by atoms with Crippen molar-refractivity contribution < 1.29 is 9.90 Å². The van der Waals surface area contributed by atoms with E-state index in [1.807, 2.05) is 36.6 Å². The van der Waals surface area contributed by atoms with Gasteiger partial charge in [-0.05, 0) is 44.0 Å². The molecule has 1 aliphatic rings. The molecule has 1 aliphatic carbocycles. The number of hydrogen-bond donors (Lipinski definition) is 2. The first-order valence-electron chi connectivity index (χ1n) is 7.38. The van der Waals surface area contributed by atoms with Gasteiger partial charge in [-0.2, -0.15) is 0 Å². The SMILES string of the molecule is Cc1csc(N(CC2(CO)CC2)C(=O)Nc2ccc(Br)cc2)n1. The van der Waals surface area contributed by atoms with E-state index in [2.05, 4.69) is 26.2 Å². The molecule has 2 aromatic rings. The maximum absolute atomic E-state index is 12.7. The number of benzene rings is 1. The number of halogens is 1. The third kappa shape index (κ3) is 3.91. The molecule has 1 aromatic carbocycles. The molecule has 122 valence electrons. The summed E-state index contributed by atoms with van der Waals surface area (Å²) in [5.74, 6) is 0. The van der Waals surface area contributed by atoms with Crippen molar-refractivity contribution in [2.75, 3.05) is 23.4 Å². The molecule has 1 heterocycles. The van der Waals surface area contributed by atoms with Gasteiger partial charge in [0.2, 0.25) is 0 Å². The van der Waals surface area contributed by atoms with Crippen LogP contribution < -0.4 is 10.2 Å². The molecule has 23 heavy (non-hydrogen) atoms. The van der Waals surface area contributed by atoms with Gasteiger partial charge in [0, 0.05) is 27.5 Å². The smallest absolute Gasteiger partial charge is 0.328 e. The van der Waals surface area contributed by atoms with E-state index in [-0.39, 0.29) is 18.1 Å². The van der Waals surface area contributed by atoms with Crippen molar-refractivity contribution in [1.29, 1.82) is 0 Å². The van der Waals surface area contributed by atoms with Gasteiger partial charge >= 0.3 is 6.03 Å². The van der Waals surface area contributed by atoms with Crippen LogP contribution in [0.4, 0.5) is 15.6 Å². The predicted octanol–water partition coefficient (Wildman–Crippen LogP) is 4.03. The van der Waals surface area contributed by atoms with Gasteiger partial charge in [-0.3, -0.25) is 4.90 Å². The molecule has 0 atom stereocenters. The van der Waals surface area contributed by atoms with Gasteiger partial charge in [0.25, 0.3) is 0 Å². The minimum Gasteiger partial charge on any atom is -0.396 e. The maximum atomic E-state index is 12.7. The zero-order valence-corrected chi connectivity index (χ0v) is 15.2. The summed E-state index contributed by atoms with van der Waals surface area (Å²) in [6.45, 7) is 2.49. The molecule has 1 fully saturated rings. The average molecular weight is 396 g/mol. The van der Waals surface area contributed by atoms with E-state index in [1.54, 1.807) is 4.90 Å². The van der Waals surface area contributed by atoms with Gasteiger partial charge in [0.15, 0.2) is 5.13 Å². The summed E-state index contributed by atoms with van der Waals surface area (Å²) in [7, 11) is 0. The summed E-state index contributed by atoms with van der Waals surface area (Å²) in [6, 6.07) is 7.22. The lowest BCUT2D eigenvalue weighted by atomic mass is 10.1. The molecule has 1 saturated carbocycles. The largest absolute Gasteiger partial charge is 0.396 e. The van der Waals surface area contributed by atoms with E-state index in [1.165, 1.54) is 11.3 Å². The standard InChI is InChI=1S/C16H18BrN3O2S/c1-11-8-23-15(18-11)20(9-16(10-21)6-7-16)14(22)19-13-4-2-12(17)3-5-13/h2-5,8,21H,6-7,9-10H2,1H3,(H,19,22). The summed E-state index contributed by atoms with van der Waals surface area (Å²) >= 11 is 4.82. The molecular formula is C16H18BrN3O2S. The van der Waals surface area contributed by atoms with Crippen molar-refractivity contribution >= 4 is 44.1 Å². The molecular weight excluding hydrogens is 378 g/mol. The number of urea groups is 1. The molecule has 0 unspecified atom stereocenters. The molecule has 1 aromatic heterocycles. The van der Waals surface area contributed by atoms with Gasteiger partial charge in [-0.1, -0.05) is 15.9 Å². The van der Waals surface area contributed by atoms with Crippen LogP contribution in [0.15, 0.2) is 34.1 Å². The van der Waals surface area contributed by atoms with Crippen LogP contribution in [-0.2, 0) is 0 Å². The number of thiazole rings is 1. The average Bonchev–Trinajstić information content (AvgIpc) is 3.20. The first-order valence-corrected chi connectivity index (χ1v) is 9.06. The Bertz CT molecular complexity index is 698. The lowest BCUT2D eigenvalue weighted by Gasteiger charge is -2.24. The number of anilines is 2. The van der Waals surface area contributed by atoms with Crippen LogP contribution in [0.3, 0.4) is 0 Å². The van der Waals surface area contributed by atoms with E-state index in [0.717, 1.165) is 28.7 Å². The van der Waals surface area contributed by atoms with Crippen molar-refractivity contribution in [3.63, 3.8) is 0 Å². The molecule has 2 N–H and O–H groups in total. The number of hydrogen-bond acceptors (Lipinski definition) is 4. The molecule has 0 saturated heterocycles. The van der Waals surface area contributed by atoms with Crippen molar-refractivity contribution in [2.45, 2.75) is 19.8 Å². The predicted molar refractivity (Wildman–Crippen MR) is 96.1 cm³/mol. The van der Waals surface area contributed by atoms with E-state index in [4.69, 9.17) is 0 Å². The Kier molecular flexibility index (Phi) is 4.70. The first kappa shape index (κ1) is 16.4. The van der Waals surface area contributed by atoms with Crippen LogP contribution in [0.25, 0.3) is 0 Å². The quantitative estimate of drug-likeness (QED) is 0.802. The minimum atomic E-state index is -0.221. The number of aryl methyl sites for hydroxylation is 1. The maximum Gasteiger partial charge on any atom is 0.328 e. The lowest BCUT2D eigenvalue weighted by Crippen LogP contribution is -2.40. The number of nitrogens with zero attached hydrogens (tertiary/aromatic N) is 2. The van der Waals surface area contributed by atoms with Crippen LogP contribution in [0.5, 0.6) is 0 Å². The van der Waals surface area contributed by atoms with Gasteiger partial charge in [0.1, 0.15) is 0 Å².